The molecular formula is C11H13F3NO3-. The number of nitrogens with one attached hydrogen (secondary N) is 1. The molecule has 0 aromatic carbocycles. The van der Waals surface area contributed by atoms with Crippen molar-refractivity contribution in [3.8, 4) is 0 Å². The van der Waals surface area contributed by atoms with Gasteiger partial charge >= 0.3 is 6.18 Å². The van der Waals surface area contributed by atoms with Crippen LogP contribution in [0.15, 0.2) is 12.2 Å². The highest BCUT2D eigenvalue weighted by atomic mass is 19.4. The molecular weight excluding hydrogens is 251 g/mol. The zero-order valence-electron chi connectivity index (χ0n) is 9.50. The van der Waals surface area contributed by atoms with Gasteiger partial charge in [-0.25, -0.2) is 0 Å². The van der Waals surface area contributed by atoms with Crippen LogP contribution in [-0.4, -0.2) is 24.1 Å². The van der Waals surface area contributed by atoms with E-state index < -0.39 is 30.0 Å². The summed E-state index contributed by atoms with van der Waals surface area (Å²) in [5.41, 5.74) is 0. The quantitative estimate of drug-likeness (QED) is 0.756. The molecule has 0 aromatic heterocycles. The van der Waals surface area contributed by atoms with Gasteiger partial charge in [0.25, 0.3) is 0 Å². The summed E-state index contributed by atoms with van der Waals surface area (Å²) in [6.07, 6.45) is -2.19. The fourth-order valence-electron chi connectivity index (χ4n) is 2.01. The van der Waals surface area contributed by atoms with Crippen LogP contribution in [0.1, 0.15) is 25.7 Å². The van der Waals surface area contributed by atoms with Crippen molar-refractivity contribution in [1.29, 1.82) is 0 Å². The maximum absolute atomic E-state index is 12.5. The van der Waals surface area contributed by atoms with E-state index >= 15 is 0 Å². The number of hydrogen-bond acceptors (Lipinski definition) is 3. The Balaban J connectivity index is 2.48. The van der Waals surface area contributed by atoms with E-state index in [9.17, 15) is 27.9 Å². The molecule has 1 amide bonds. The lowest BCUT2D eigenvalue weighted by Gasteiger charge is -2.30. The summed E-state index contributed by atoms with van der Waals surface area (Å²) in [7, 11) is 0. The molecule has 1 rings (SSSR count). The van der Waals surface area contributed by atoms with Gasteiger partial charge in [-0.2, -0.15) is 13.2 Å². The van der Waals surface area contributed by atoms with Gasteiger partial charge in [0, 0.05) is 12.1 Å². The Morgan fingerprint density at radius 2 is 1.89 bits per heavy atom. The van der Waals surface area contributed by atoms with E-state index in [4.69, 9.17) is 0 Å². The summed E-state index contributed by atoms with van der Waals surface area (Å²) in [5, 5.41) is 12.4. The largest absolute Gasteiger partial charge is 0.545 e. The Bertz CT molecular complexity index is 352. The molecule has 0 aliphatic heterocycles. The zero-order chi connectivity index (χ0) is 13.8. The number of carbonyl (C=O) groups excluding carboxylic acids is 2. The minimum atomic E-state index is -4.25. The van der Waals surface area contributed by atoms with Crippen LogP contribution in [0.2, 0.25) is 0 Å². The normalized spacial score (nSPS) is 25.1. The Morgan fingerprint density at radius 3 is 2.44 bits per heavy atom. The molecule has 1 saturated carbocycles. The van der Waals surface area contributed by atoms with Gasteiger partial charge in [0.15, 0.2) is 0 Å². The molecule has 1 aliphatic carbocycles. The molecule has 1 aliphatic rings. The molecule has 0 radical (unpaired) electrons. The average molecular weight is 264 g/mol. The van der Waals surface area contributed by atoms with Crippen LogP contribution in [0.3, 0.4) is 0 Å². The van der Waals surface area contributed by atoms with E-state index in [1.54, 1.807) is 0 Å². The molecule has 0 aromatic rings. The van der Waals surface area contributed by atoms with Crippen LogP contribution in [0.25, 0.3) is 0 Å². The molecule has 102 valence electrons. The average Bonchev–Trinajstić information content (AvgIpc) is 2.25. The van der Waals surface area contributed by atoms with Crippen LogP contribution < -0.4 is 10.4 Å². The molecule has 1 fully saturated rings. The van der Waals surface area contributed by atoms with E-state index in [1.807, 2.05) is 0 Å². The molecule has 0 spiro atoms. The van der Waals surface area contributed by atoms with E-state index in [-0.39, 0.29) is 12.8 Å². The smallest absolute Gasteiger partial charge is 0.391 e. The third kappa shape index (κ3) is 4.77. The fraction of sp³-hybridized carbons (Fsp3) is 0.636. The van der Waals surface area contributed by atoms with Crippen molar-refractivity contribution in [2.75, 3.05) is 0 Å². The first-order valence-corrected chi connectivity index (χ1v) is 5.55. The van der Waals surface area contributed by atoms with Crippen LogP contribution in [-0.2, 0) is 9.59 Å². The Morgan fingerprint density at radius 1 is 1.22 bits per heavy atom. The molecule has 2 atom stereocenters. The van der Waals surface area contributed by atoms with Crippen LogP contribution >= 0.6 is 0 Å². The lowest BCUT2D eigenvalue weighted by molar-refractivity contribution is -0.297. The first kappa shape index (κ1) is 14.5. The number of alkyl halides is 3. The fourth-order valence-corrected chi connectivity index (χ4v) is 2.01. The standard InChI is InChI=1S/C11H14F3NO3/c12-11(13,14)7-2-1-3-8(6-7)15-9(16)4-5-10(17)18/h4-5,7-8H,1-3,6H2,(H,15,16)(H,17,18)/p-1/b5-4+/t7-,8+/m0/s1. The maximum atomic E-state index is 12.5. The van der Waals surface area contributed by atoms with Gasteiger partial charge in [-0.05, 0) is 25.3 Å². The molecule has 7 heteroatoms. The second-order valence-corrected chi connectivity index (χ2v) is 4.26. The first-order chi connectivity index (χ1) is 8.29. The third-order valence-electron chi connectivity index (χ3n) is 2.85. The van der Waals surface area contributed by atoms with Gasteiger partial charge in [0.1, 0.15) is 0 Å². The summed E-state index contributed by atoms with van der Waals surface area (Å²) in [4.78, 5) is 21.3. The number of carboxylic acids is 1. The number of rotatable bonds is 3. The van der Waals surface area contributed by atoms with Crippen molar-refractivity contribution in [2.24, 2.45) is 5.92 Å². The van der Waals surface area contributed by atoms with Gasteiger partial charge < -0.3 is 15.2 Å². The molecule has 0 heterocycles. The number of amides is 1. The monoisotopic (exact) mass is 264 g/mol. The highest BCUT2D eigenvalue weighted by molar-refractivity contribution is 5.93. The highest BCUT2D eigenvalue weighted by Gasteiger charge is 2.42. The van der Waals surface area contributed by atoms with Crippen molar-refractivity contribution in [3.63, 3.8) is 0 Å². The second kappa shape index (κ2) is 5.88. The van der Waals surface area contributed by atoms with Crippen molar-refractivity contribution >= 4 is 11.9 Å². The summed E-state index contributed by atoms with van der Waals surface area (Å²) >= 11 is 0. The molecule has 18 heavy (non-hydrogen) atoms. The summed E-state index contributed by atoms with van der Waals surface area (Å²) in [5.74, 6) is -3.64. The van der Waals surface area contributed by atoms with Gasteiger partial charge in [0.2, 0.25) is 5.91 Å². The third-order valence-corrected chi connectivity index (χ3v) is 2.85. The number of halogens is 3. The van der Waals surface area contributed by atoms with Crippen LogP contribution in [0.5, 0.6) is 0 Å². The van der Waals surface area contributed by atoms with Crippen molar-refractivity contribution in [1.82, 2.24) is 5.32 Å². The second-order valence-electron chi connectivity index (χ2n) is 4.26. The summed E-state index contributed by atoms with van der Waals surface area (Å²) in [6.45, 7) is 0. The summed E-state index contributed by atoms with van der Waals surface area (Å²) < 4.78 is 37.5. The first-order valence-electron chi connectivity index (χ1n) is 5.55. The molecule has 1 N–H and O–H groups in total. The van der Waals surface area contributed by atoms with Gasteiger partial charge in [-0.1, -0.05) is 6.42 Å². The van der Waals surface area contributed by atoms with Crippen molar-refractivity contribution in [3.05, 3.63) is 12.2 Å². The van der Waals surface area contributed by atoms with E-state index in [1.165, 1.54) is 0 Å². The van der Waals surface area contributed by atoms with E-state index in [0.717, 1.165) is 6.08 Å². The van der Waals surface area contributed by atoms with Gasteiger partial charge in [0.05, 0.1) is 11.9 Å². The van der Waals surface area contributed by atoms with E-state index in [0.29, 0.717) is 18.9 Å². The minimum Gasteiger partial charge on any atom is -0.545 e. The number of hydrogen-bond donors (Lipinski definition) is 1. The lowest BCUT2D eigenvalue weighted by Crippen LogP contribution is -2.41. The Hall–Kier alpha value is -1.53. The van der Waals surface area contributed by atoms with E-state index in [2.05, 4.69) is 5.32 Å². The van der Waals surface area contributed by atoms with Crippen LogP contribution in [0, 0.1) is 5.92 Å². The molecule has 0 saturated heterocycles. The SMILES string of the molecule is O=C([O-])/C=C/C(=O)N[C@@H]1CCC[C@H](C(F)(F)F)C1. The summed E-state index contributed by atoms with van der Waals surface area (Å²) in [6, 6.07) is -0.565. The maximum Gasteiger partial charge on any atom is 0.391 e. The number of carbonyl (C=O) groups is 2. The lowest BCUT2D eigenvalue weighted by atomic mass is 9.85. The number of carboxylic acid groups (broad SMARTS) is 1. The minimum absolute atomic E-state index is 0.0742. The van der Waals surface area contributed by atoms with Gasteiger partial charge in [-0.15, -0.1) is 0 Å². The zero-order valence-corrected chi connectivity index (χ0v) is 9.50. The Kier molecular flexibility index (Phi) is 4.75. The van der Waals surface area contributed by atoms with Crippen LogP contribution in [0.4, 0.5) is 13.2 Å². The molecule has 0 bridgehead atoms. The topological polar surface area (TPSA) is 69.2 Å². The molecule has 0 unspecified atom stereocenters. The van der Waals surface area contributed by atoms with Crippen molar-refractivity contribution in [2.45, 2.75) is 37.9 Å². The predicted octanol–water partition coefficient (Wildman–Crippen LogP) is 0.530. The Labute approximate surface area is 102 Å². The molecule has 4 nitrogen and oxygen atoms in total. The highest BCUT2D eigenvalue weighted by Crippen LogP contribution is 2.37. The van der Waals surface area contributed by atoms with Gasteiger partial charge in [-0.3, -0.25) is 4.79 Å². The number of aliphatic carboxylic acids is 1. The van der Waals surface area contributed by atoms with Crippen molar-refractivity contribution < 1.29 is 27.9 Å². The predicted molar refractivity (Wildman–Crippen MR) is 54.1 cm³/mol.